The Balaban J connectivity index is 1.80. The van der Waals surface area contributed by atoms with E-state index in [1.54, 1.807) is 26.1 Å². The maximum absolute atomic E-state index is 13.5. The Hall–Kier alpha value is -3.73. The summed E-state index contributed by atoms with van der Waals surface area (Å²) in [5.41, 5.74) is 0.377. The Morgan fingerprint density at radius 1 is 1.00 bits per heavy atom. The molecule has 34 heavy (non-hydrogen) atoms. The van der Waals surface area contributed by atoms with Gasteiger partial charge >= 0.3 is 6.18 Å². The number of halogens is 3. The van der Waals surface area contributed by atoms with E-state index < -0.39 is 32.4 Å². The summed E-state index contributed by atoms with van der Waals surface area (Å²) in [7, 11) is -4.47. The van der Waals surface area contributed by atoms with Crippen LogP contribution in [0.2, 0.25) is 0 Å². The van der Waals surface area contributed by atoms with Crippen LogP contribution in [0.5, 0.6) is 0 Å². The lowest BCUT2D eigenvalue weighted by molar-refractivity contribution is -0.138. The van der Waals surface area contributed by atoms with Gasteiger partial charge in [-0.15, -0.1) is 0 Å². The van der Waals surface area contributed by atoms with Crippen LogP contribution >= 0.6 is 0 Å². The Bertz CT molecular complexity index is 1540. The number of benzene rings is 1. The smallest absolute Gasteiger partial charge is 0.346 e. The summed E-state index contributed by atoms with van der Waals surface area (Å²) >= 11 is 0. The van der Waals surface area contributed by atoms with Crippen LogP contribution in [0.3, 0.4) is 0 Å². The number of nitrogens with one attached hydrogen (secondary N) is 2. The van der Waals surface area contributed by atoms with Crippen molar-refractivity contribution in [3.8, 4) is 0 Å². The molecule has 176 valence electrons. The maximum Gasteiger partial charge on any atom is 0.416 e. The SMILES string of the molecule is Cc1cnc(C(=O)c2c(C)cnc3[nH]ccc23)c(NS(=O)(=O)c2ccc(C)c(C(F)(F)F)c2)c1. The highest BCUT2D eigenvalue weighted by Gasteiger charge is 2.34. The first-order valence-electron chi connectivity index (χ1n) is 10.0. The van der Waals surface area contributed by atoms with Crippen molar-refractivity contribution in [3.05, 3.63) is 82.4 Å². The molecule has 0 amide bonds. The fourth-order valence-electron chi connectivity index (χ4n) is 3.63. The average Bonchev–Trinajstić information content (AvgIpc) is 3.21. The molecule has 0 bridgehead atoms. The molecule has 0 aliphatic rings. The Kier molecular flexibility index (Phi) is 5.68. The molecule has 0 radical (unpaired) electrons. The maximum atomic E-state index is 13.5. The van der Waals surface area contributed by atoms with Gasteiger partial charge in [-0.2, -0.15) is 13.2 Å². The minimum Gasteiger partial charge on any atom is -0.346 e. The van der Waals surface area contributed by atoms with Gasteiger partial charge in [-0.25, -0.2) is 13.4 Å². The molecule has 0 spiro atoms. The van der Waals surface area contributed by atoms with Crippen LogP contribution in [0.4, 0.5) is 18.9 Å². The third-order valence-corrected chi connectivity index (χ3v) is 6.67. The summed E-state index contributed by atoms with van der Waals surface area (Å²) in [6, 6.07) is 5.81. The topological polar surface area (TPSA) is 105 Å². The lowest BCUT2D eigenvalue weighted by Crippen LogP contribution is -2.19. The normalized spacial score (nSPS) is 12.2. The number of anilines is 1. The number of alkyl halides is 3. The van der Waals surface area contributed by atoms with Gasteiger partial charge in [-0.05, 0) is 61.7 Å². The third kappa shape index (κ3) is 4.26. The molecule has 0 saturated heterocycles. The number of fused-ring (bicyclic) bond motifs is 1. The minimum absolute atomic E-state index is 0.108. The molecule has 0 aliphatic carbocycles. The number of aromatic nitrogens is 3. The van der Waals surface area contributed by atoms with Gasteiger partial charge in [0, 0.05) is 29.5 Å². The van der Waals surface area contributed by atoms with Gasteiger partial charge in [-0.3, -0.25) is 14.5 Å². The number of carbonyl (C=O) groups excluding carboxylic acids is 1. The fourth-order valence-corrected chi connectivity index (χ4v) is 4.72. The molecular formula is C23H19F3N4O3S. The monoisotopic (exact) mass is 488 g/mol. The summed E-state index contributed by atoms with van der Waals surface area (Å²) in [6.07, 6.45) is -0.184. The first kappa shape index (κ1) is 23.4. The number of hydrogen-bond donors (Lipinski definition) is 2. The van der Waals surface area contributed by atoms with E-state index in [9.17, 15) is 26.4 Å². The van der Waals surface area contributed by atoms with Gasteiger partial charge in [0.05, 0.1) is 16.1 Å². The second-order valence-corrected chi connectivity index (χ2v) is 9.56. The minimum atomic E-state index is -4.72. The summed E-state index contributed by atoms with van der Waals surface area (Å²) < 4.78 is 68.2. The Labute approximate surface area is 193 Å². The molecule has 4 rings (SSSR count). The molecular weight excluding hydrogens is 469 g/mol. The van der Waals surface area contributed by atoms with Crippen LogP contribution in [0.25, 0.3) is 11.0 Å². The van der Waals surface area contributed by atoms with E-state index in [1.807, 2.05) is 0 Å². The van der Waals surface area contributed by atoms with E-state index in [-0.39, 0.29) is 22.5 Å². The number of rotatable bonds is 5. The number of pyridine rings is 2. The highest BCUT2D eigenvalue weighted by atomic mass is 32.2. The predicted molar refractivity (Wildman–Crippen MR) is 120 cm³/mol. The second kappa shape index (κ2) is 8.24. The number of nitrogens with zero attached hydrogens (tertiary/aromatic N) is 2. The molecule has 7 nitrogen and oxygen atoms in total. The molecule has 4 aromatic rings. The average molecular weight is 488 g/mol. The molecule has 0 unspecified atom stereocenters. The lowest BCUT2D eigenvalue weighted by atomic mass is 10.00. The zero-order chi connectivity index (χ0) is 24.8. The van der Waals surface area contributed by atoms with Crippen LogP contribution in [-0.2, 0) is 16.2 Å². The zero-order valence-corrected chi connectivity index (χ0v) is 19.1. The van der Waals surface area contributed by atoms with Crippen molar-refractivity contribution in [1.29, 1.82) is 0 Å². The third-order valence-electron chi connectivity index (χ3n) is 5.31. The van der Waals surface area contributed by atoms with Crippen molar-refractivity contribution in [2.24, 2.45) is 0 Å². The number of H-pyrrole nitrogens is 1. The quantitative estimate of drug-likeness (QED) is 0.388. The summed E-state index contributed by atoms with van der Waals surface area (Å²) in [6.45, 7) is 4.58. The first-order chi connectivity index (χ1) is 15.9. The number of aryl methyl sites for hydroxylation is 3. The van der Waals surface area contributed by atoms with Gasteiger partial charge in [0.2, 0.25) is 5.78 Å². The van der Waals surface area contributed by atoms with Crippen LogP contribution < -0.4 is 4.72 Å². The first-order valence-corrected chi connectivity index (χ1v) is 11.5. The standard InChI is InChI=1S/C23H19F3N4O3S/c1-12-8-18(30-34(32,33)15-5-4-13(2)17(9-15)23(24,25)26)20(28-10-12)21(31)19-14(3)11-29-22-16(19)6-7-27-22/h4-11,30H,1-3H3,(H,27,29). The summed E-state index contributed by atoms with van der Waals surface area (Å²) in [4.78, 5) is 24.2. The predicted octanol–water partition coefficient (Wildman–Crippen LogP) is 4.93. The van der Waals surface area contributed by atoms with Crippen molar-refractivity contribution < 1.29 is 26.4 Å². The van der Waals surface area contributed by atoms with Gasteiger partial charge < -0.3 is 4.98 Å². The number of ketones is 1. The molecule has 3 heterocycles. The second-order valence-electron chi connectivity index (χ2n) is 7.87. The molecule has 0 aliphatic heterocycles. The van der Waals surface area contributed by atoms with Crippen LogP contribution in [0, 0.1) is 20.8 Å². The largest absolute Gasteiger partial charge is 0.416 e. The van der Waals surface area contributed by atoms with E-state index in [4.69, 9.17) is 0 Å². The van der Waals surface area contributed by atoms with E-state index in [1.165, 1.54) is 25.4 Å². The van der Waals surface area contributed by atoms with Crippen LogP contribution in [-0.4, -0.2) is 29.2 Å². The van der Waals surface area contributed by atoms with Crippen molar-refractivity contribution in [3.63, 3.8) is 0 Å². The number of carbonyl (C=O) groups is 1. The molecule has 0 fully saturated rings. The summed E-state index contributed by atoms with van der Waals surface area (Å²) in [5, 5.41) is 0.537. The van der Waals surface area contributed by atoms with Gasteiger partial charge in [0.1, 0.15) is 11.3 Å². The van der Waals surface area contributed by atoms with Crippen molar-refractivity contribution >= 4 is 32.5 Å². The van der Waals surface area contributed by atoms with Crippen molar-refractivity contribution in [2.45, 2.75) is 31.8 Å². The van der Waals surface area contributed by atoms with Gasteiger partial charge in [0.25, 0.3) is 10.0 Å². The molecule has 2 N–H and O–H groups in total. The number of sulfonamides is 1. The molecule has 1 aromatic carbocycles. The van der Waals surface area contributed by atoms with E-state index in [0.717, 1.165) is 12.1 Å². The zero-order valence-electron chi connectivity index (χ0n) is 18.3. The van der Waals surface area contributed by atoms with Gasteiger partial charge in [0.15, 0.2) is 0 Å². The van der Waals surface area contributed by atoms with Crippen LogP contribution in [0.15, 0.2) is 53.8 Å². The van der Waals surface area contributed by atoms with E-state index in [0.29, 0.717) is 28.2 Å². The van der Waals surface area contributed by atoms with E-state index >= 15 is 0 Å². The van der Waals surface area contributed by atoms with Gasteiger partial charge in [-0.1, -0.05) is 6.07 Å². The Morgan fingerprint density at radius 3 is 2.44 bits per heavy atom. The number of aromatic amines is 1. The van der Waals surface area contributed by atoms with E-state index in [2.05, 4.69) is 19.7 Å². The fraction of sp³-hybridized carbons (Fsp3) is 0.174. The highest BCUT2D eigenvalue weighted by molar-refractivity contribution is 7.92. The summed E-state index contributed by atoms with van der Waals surface area (Å²) in [5.74, 6) is -0.554. The lowest BCUT2D eigenvalue weighted by Gasteiger charge is -2.15. The Morgan fingerprint density at radius 2 is 1.74 bits per heavy atom. The van der Waals surface area contributed by atoms with Crippen molar-refractivity contribution in [2.75, 3.05) is 4.72 Å². The van der Waals surface area contributed by atoms with Crippen LogP contribution in [0.1, 0.15) is 38.3 Å². The van der Waals surface area contributed by atoms with Crippen molar-refractivity contribution in [1.82, 2.24) is 15.0 Å². The molecule has 0 atom stereocenters. The molecule has 11 heteroatoms. The highest BCUT2D eigenvalue weighted by Crippen LogP contribution is 2.34. The molecule has 3 aromatic heterocycles. The number of hydrogen-bond acceptors (Lipinski definition) is 5. The molecule has 0 saturated carbocycles.